The lowest BCUT2D eigenvalue weighted by atomic mass is 10.1. The Labute approximate surface area is 140 Å². The Morgan fingerprint density at radius 2 is 2.04 bits per heavy atom. The van der Waals surface area contributed by atoms with Crippen LogP contribution in [-0.2, 0) is 0 Å². The van der Waals surface area contributed by atoms with Gasteiger partial charge in [0, 0.05) is 32.7 Å². The SMILES string of the molecule is COc1cncc(N2CCN(C[C@H](O)c3cccc(F)c3)CC2)n1. The lowest BCUT2D eigenvalue weighted by molar-refractivity contribution is 0.109. The monoisotopic (exact) mass is 332 g/mol. The number of ether oxygens (including phenoxy) is 1. The van der Waals surface area contributed by atoms with E-state index in [9.17, 15) is 9.50 Å². The molecular weight excluding hydrogens is 311 g/mol. The van der Waals surface area contributed by atoms with Crippen LogP contribution in [0.3, 0.4) is 0 Å². The van der Waals surface area contributed by atoms with E-state index in [1.165, 1.54) is 12.1 Å². The Kier molecular flexibility index (Phi) is 5.22. The second-order valence-electron chi connectivity index (χ2n) is 5.78. The van der Waals surface area contributed by atoms with Gasteiger partial charge in [-0.25, -0.2) is 4.39 Å². The highest BCUT2D eigenvalue weighted by atomic mass is 19.1. The lowest BCUT2D eigenvalue weighted by Gasteiger charge is -2.36. The molecule has 1 aliphatic heterocycles. The van der Waals surface area contributed by atoms with Crippen LogP contribution in [0.25, 0.3) is 0 Å². The zero-order valence-corrected chi connectivity index (χ0v) is 13.6. The van der Waals surface area contributed by atoms with Crippen molar-refractivity contribution in [2.24, 2.45) is 0 Å². The third-order valence-electron chi connectivity index (χ3n) is 4.17. The molecule has 1 saturated heterocycles. The topological polar surface area (TPSA) is 61.7 Å². The minimum absolute atomic E-state index is 0.326. The van der Waals surface area contributed by atoms with Crippen molar-refractivity contribution < 1.29 is 14.2 Å². The Balaban J connectivity index is 1.55. The number of β-amino-alcohol motifs (C(OH)–C–C–N with tert-alkyl or cyclic N) is 1. The summed E-state index contributed by atoms with van der Waals surface area (Å²) in [5, 5.41) is 10.3. The molecule has 2 heterocycles. The van der Waals surface area contributed by atoms with E-state index < -0.39 is 6.10 Å². The number of aliphatic hydroxyl groups excluding tert-OH is 1. The van der Waals surface area contributed by atoms with Crippen LogP contribution in [-0.4, -0.2) is 59.8 Å². The van der Waals surface area contributed by atoms with Crippen LogP contribution < -0.4 is 9.64 Å². The third-order valence-corrected chi connectivity index (χ3v) is 4.17. The van der Waals surface area contributed by atoms with Crippen molar-refractivity contribution in [1.29, 1.82) is 0 Å². The Morgan fingerprint density at radius 3 is 2.75 bits per heavy atom. The summed E-state index contributed by atoms with van der Waals surface area (Å²) in [6, 6.07) is 6.13. The van der Waals surface area contributed by atoms with Crippen LogP contribution in [0.4, 0.5) is 10.2 Å². The maximum absolute atomic E-state index is 13.3. The number of anilines is 1. The molecule has 0 bridgehead atoms. The van der Waals surface area contributed by atoms with Crippen LogP contribution in [0.15, 0.2) is 36.7 Å². The number of piperazine rings is 1. The molecule has 1 N–H and O–H groups in total. The molecule has 0 amide bonds. The average molecular weight is 332 g/mol. The maximum atomic E-state index is 13.3. The van der Waals surface area contributed by atoms with Gasteiger partial charge in [-0.2, -0.15) is 4.98 Å². The van der Waals surface area contributed by atoms with E-state index in [1.807, 2.05) is 0 Å². The highest BCUT2D eigenvalue weighted by molar-refractivity contribution is 5.38. The second kappa shape index (κ2) is 7.55. The second-order valence-corrected chi connectivity index (χ2v) is 5.78. The zero-order valence-electron chi connectivity index (χ0n) is 13.6. The van der Waals surface area contributed by atoms with E-state index in [0.717, 1.165) is 32.0 Å². The minimum Gasteiger partial charge on any atom is -0.480 e. The number of hydrogen-bond donors (Lipinski definition) is 1. The Hall–Kier alpha value is -2.25. The van der Waals surface area contributed by atoms with Crippen molar-refractivity contribution in [2.45, 2.75) is 6.10 Å². The first kappa shape index (κ1) is 16.6. The molecule has 1 fully saturated rings. The molecule has 24 heavy (non-hydrogen) atoms. The zero-order chi connectivity index (χ0) is 16.9. The molecule has 0 unspecified atom stereocenters. The first-order valence-corrected chi connectivity index (χ1v) is 7.92. The standard InChI is InChI=1S/C17H21FN4O2/c1-24-17-11-19-10-16(20-17)22-7-5-21(6-8-22)12-15(23)13-3-2-4-14(18)9-13/h2-4,9-11,15,23H,5-8,12H2,1H3/t15-/m0/s1. The molecule has 1 aromatic carbocycles. The molecule has 6 nitrogen and oxygen atoms in total. The molecule has 7 heteroatoms. The molecule has 0 radical (unpaired) electrons. The Morgan fingerprint density at radius 1 is 1.25 bits per heavy atom. The predicted octanol–water partition coefficient (Wildman–Crippen LogP) is 1.48. The summed E-state index contributed by atoms with van der Waals surface area (Å²) in [5.74, 6) is 0.962. The van der Waals surface area contributed by atoms with Gasteiger partial charge < -0.3 is 14.7 Å². The fraction of sp³-hybridized carbons (Fsp3) is 0.412. The molecule has 0 spiro atoms. The molecule has 1 atom stereocenters. The highest BCUT2D eigenvalue weighted by Gasteiger charge is 2.21. The van der Waals surface area contributed by atoms with E-state index in [1.54, 1.807) is 31.6 Å². The van der Waals surface area contributed by atoms with Crippen molar-refractivity contribution in [3.63, 3.8) is 0 Å². The van der Waals surface area contributed by atoms with Crippen molar-refractivity contribution in [2.75, 3.05) is 44.7 Å². The molecule has 0 saturated carbocycles. The summed E-state index contributed by atoms with van der Waals surface area (Å²) in [4.78, 5) is 12.8. The van der Waals surface area contributed by atoms with E-state index >= 15 is 0 Å². The van der Waals surface area contributed by atoms with Crippen LogP contribution in [0, 0.1) is 5.82 Å². The van der Waals surface area contributed by atoms with Crippen molar-refractivity contribution >= 4 is 5.82 Å². The van der Waals surface area contributed by atoms with E-state index in [0.29, 0.717) is 18.0 Å². The number of methoxy groups -OCH3 is 1. The maximum Gasteiger partial charge on any atom is 0.233 e. The van der Waals surface area contributed by atoms with Gasteiger partial charge >= 0.3 is 0 Å². The van der Waals surface area contributed by atoms with Gasteiger partial charge in [-0.15, -0.1) is 0 Å². The van der Waals surface area contributed by atoms with Gasteiger partial charge in [0.1, 0.15) is 5.82 Å². The summed E-state index contributed by atoms with van der Waals surface area (Å²) >= 11 is 0. The summed E-state index contributed by atoms with van der Waals surface area (Å²) in [6.07, 6.45) is 2.61. The van der Waals surface area contributed by atoms with Gasteiger partial charge in [0.15, 0.2) is 5.82 Å². The van der Waals surface area contributed by atoms with Crippen LogP contribution in [0.5, 0.6) is 5.88 Å². The first-order valence-electron chi connectivity index (χ1n) is 7.92. The number of benzene rings is 1. The van der Waals surface area contributed by atoms with Crippen molar-refractivity contribution in [3.05, 3.63) is 48.0 Å². The van der Waals surface area contributed by atoms with E-state index in [2.05, 4.69) is 19.8 Å². The normalized spacial score (nSPS) is 16.9. The number of nitrogens with zero attached hydrogens (tertiary/aromatic N) is 4. The number of halogens is 1. The van der Waals surface area contributed by atoms with Gasteiger partial charge in [-0.3, -0.25) is 9.88 Å². The van der Waals surface area contributed by atoms with Crippen molar-refractivity contribution in [3.8, 4) is 5.88 Å². The smallest absolute Gasteiger partial charge is 0.233 e. The number of rotatable bonds is 5. The molecule has 3 rings (SSSR count). The van der Waals surface area contributed by atoms with Gasteiger partial charge in [0.05, 0.1) is 25.6 Å². The van der Waals surface area contributed by atoms with Crippen molar-refractivity contribution in [1.82, 2.24) is 14.9 Å². The largest absolute Gasteiger partial charge is 0.480 e. The van der Waals surface area contributed by atoms with E-state index in [-0.39, 0.29) is 5.82 Å². The van der Waals surface area contributed by atoms with Crippen LogP contribution >= 0.6 is 0 Å². The van der Waals surface area contributed by atoms with Gasteiger partial charge in [0.2, 0.25) is 5.88 Å². The fourth-order valence-corrected chi connectivity index (χ4v) is 2.81. The van der Waals surface area contributed by atoms with Gasteiger partial charge in [-0.05, 0) is 17.7 Å². The van der Waals surface area contributed by atoms with E-state index in [4.69, 9.17) is 4.74 Å². The summed E-state index contributed by atoms with van der Waals surface area (Å²) in [5.41, 5.74) is 0.607. The quantitative estimate of drug-likeness (QED) is 0.895. The fourth-order valence-electron chi connectivity index (χ4n) is 2.81. The summed E-state index contributed by atoms with van der Waals surface area (Å²) in [7, 11) is 1.57. The van der Waals surface area contributed by atoms with Gasteiger partial charge in [-0.1, -0.05) is 12.1 Å². The number of aliphatic hydroxyl groups is 1. The van der Waals surface area contributed by atoms with Crippen LogP contribution in [0.1, 0.15) is 11.7 Å². The number of hydrogen-bond acceptors (Lipinski definition) is 6. The molecule has 1 aliphatic rings. The minimum atomic E-state index is -0.691. The molecule has 128 valence electrons. The molecule has 2 aromatic rings. The molecule has 1 aromatic heterocycles. The molecule has 0 aliphatic carbocycles. The Bertz CT molecular complexity index is 677. The van der Waals surface area contributed by atoms with Gasteiger partial charge in [0.25, 0.3) is 0 Å². The average Bonchev–Trinajstić information content (AvgIpc) is 2.62. The number of aromatic nitrogens is 2. The highest BCUT2D eigenvalue weighted by Crippen LogP contribution is 2.19. The van der Waals surface area contributed by atoms with Crippen LogP contribution in [0.2, 0.25) is 0 Å². The lowest BCUT2D eigenvalue weighted by Crippen LogP contribution is -2.47. The first-order chi connectivity index (χ1) is 11.7. The summed E-state index contributed by atoms with van der Waals surface area (Å²) in [6.45, 7) is 3.66. The third kappa shape index (κ3) is 3.98. The summed E-state index contributed by atoms with van der Waals surface area (Å²) < 4.78 is 18.4. The molecular formula is C17H21FN4O2. The predicted molar refractivity (Wildman–Crippen MR) is 88.6 cm³/mol.